The van der Waals surface area contributed by atoms with Crippen LogP contribution in [0.25, 0.3) is 0 Å². The van der Waals surface area contributed by atoms with E-state index in [1.165, 1.54) is 7.11 Å². The Labute approximate surface area is 170 Å². The Morgan fingerprint density at radius 2 is 1.83 bits per heavy atom. The van der Waals surface area contributed by atoms with Gasteiger partial charge in [0, 0.05) is 11.7 Å². The molecule has 0 unspecified atom stereocenters. The van der Waals surface area contributed by atoms with Crippen LogP contribution >= 0.6 is 0 Å². The molecule has 2 aromatic rings. The third kappa shape index (κ3) is 5.57. The fourth-order valence-electron chi connectivity index (χ4n) is 3.05. The topological polar surface area (TPSA) is 87.7 Å². The second kappa shape index (κ2) is 9.23. The molecule has 0 bridgehead atoms. The second-order valence-electron chi connectivity index (χ2n) is 7.06. The molecule has 7 heteroatoms. The average molecular weight is 395 g/mol. The zero-order valence-electron chi connectivity index (χ0n) is 16.6. The average Bonchev–Trinajstić information content (AvgIpc) is 3.55. The Kier molecular flexibility index (Phi) is 6.49. The number of anilines is 1. The van der Waals surface area contributed by atoms with E-state index in [0.717, 1.165) is 18.4 Å². The number of carbonyl (C=O) groups is 3. The number of amides is 3. The summed E-state index contributed by atoms with van der Waals surface area (Å²) in [7, 11) is 1.51. The highest BCUT2D eigenvalue weighted by Crippen LogP contribution is 2.30. The van der Waals surface area contributed by atoms with Crippen LogP contribution in [0.15, 0.2) is 48.5 Å². The lowest BCUT2D eigenvalue weighted by Gasteiger charge is -2.22. The largest absolute Gasteiger partial charge is 0.496 e. The molecule has 1 aliphatic rings. The molecule has 0 saturated heterocycles. The van der Waals surface area contributed by atoms with Crippen LogP contribution in [0.1, 0.15) is 28.8 Å². The number of rotatable bonds is 8. The summed E-state index contributed by atoms with van der Waals surface area (Å²) < 4.78 is 5.26. The van der Waals surface area contributed by atoms with Crippen molar-refractivity contribution in [3.63, 3.8) is 0 Å². The normalized spacial score (nSPS) is 12.8. The molecule has 0 radical (unpaired) electrons. The van der Waals surface area contributed by atoms with Crippen molar-refractivity contribution in [2.75, 3.05) is 25.5 Å². The van der Waals surface area contributed by atoms with Crippen molar-refractivity contribution < 1.29 is 19.1 Å². The van der Waals surface area contributed by atoms with Crippen LogP contribution in [0, 0.1) is 6.92 Å². The number of carbonyl (C=O) groups excluding carboxylic acids is 3. The maximum absolute atomic E-state index is 12.9. The van der Waals surface area contributed by atoms with Crippen LogP contribution in [-0.4, -0.2) is 48.9 Å². The van der Waals surface area contributed by atoms with Gasteiger partial charge in [0.2, 0.25) is 11.8 Å². The summed E-state index contributed by atoms with van der Waals surface area (Å²) in [6, 6.07) is 14.4. The molecule has 1 saturated carbocycles. The lowest BCUT2D eigenvalue weighted by Crippen LogP contribution is -2.44. The molecule has 0 aliphatic heterocycles. The Balaban J connectivity index is 1.56. The van der Waals surface area contributed by atoms with Gasteiger partial charge in [-0.25, -0.2) is 0 Å². The zero-order valence-corrected chi connectivity index (χ0v) is 16.6. The molecule has 3 rings (SSSR count). The molecule has 152 valence electrons. The number of nitrogens with zero attached hydrogens (tertiary/aromatic N) is 1. The van der Waals surface area contributed by atoms with Gasteiger partial charge in [-0.1, -0.05) is 24.3 Å². The highest BCUT2D eigenvalue weighted by Gasteiger charge is 2.35. The van der Waals surface area contributed by atoms with E-state index in [2.05, 4.69) is 10.6 Å². The molecule has 7 nitrogen and oxygen atoms in total. The number of aryl methyl sites for hydroxylation is 1. The fourth-order valence-corrected chi connectivity index (χ4v) is 3.05. The Morgan fingerprint density at radius 3 is 2.52 bits per heavy atom. The van der Waals surface area contributed by atoms with E-state index in [1.54, 1.807) is 35.2 Å². The first kappa shape index (κ1) is 20.4. The van der Waals surface area contributed by atoms with Gasteiger partial charge in [-0.3, -0.25) is 14.4 Å². The first-order chi connectivity index (χ1) is 14.0. The second-order valence-corrected chi connectivity index (χ2v) is 7.06. The smallest absolute Gasteiger partial charge is 0.258 e. The number of hydrogen-bond acceptors (Lipinski definition) is 4. The van der Waals surface area contributed by atoms with Crippen LogP contribution in [-0.2, 0) is 9.59 Å². The van der Waals surface area contributed by atoms with Gasteiger partial charge in [-0.05, 0) is 49.6 Å². The first-order valence-corrected chi connectivity index (χ1v) is 9.55. The van der Waals surface area contributed by atoms with Crippen molar-refractivity contribution in [2.45, 2.75) is 25.8 Å². The van der Waals surface area contributed by atoms with Gasteiger partial charge < -0.3 is 20.3 Å². The Hall–Kier alpha value is -3.35. The third-order valence-corrected chi connectivity index (χ3v) is 4.65. The standard InChI is InChI=1S/C22H25N3O4/c1-15-6-5-7-16(12-15)24-20(26)13-23-21(27)14-25(17-10-11-17)22(28)18-8-3-4-9-19(18)29-2/h3-9,12,17H,10-11,13-14H2,1-2H3,(H,23,27)(H,24,26). The van der Waals surface area contributed by atoms with Crippen molar-refractivity contribution in [1.29, 1.82) is 0 Å². The molecule has 2 aromatic carbocycles. The van der Waals surface area contributed by atoms with Crippen molar-refractivity contribution in [3.8, 4) is 5.75 Å². The molecular weight excluding hydrogens is 370 g/mol. The minimum Gasteiger partial charge on any atom is -0.496 e. The van der Waals surface area contributed by atoms with Crippen LogP contribution < -0.4 is 15.4 Å². The summed E-state index contributed by atoms with van der Waals surface area (Å²) in [4.78, 5) is 38.9. The maximum Gasteiger partial charge on any atom is 0.258 e. The number of hydrogen-bond donors (Lipinski definition) is 2. The molecule has 0 spiro atoms. The number of methoxy groups -OCH3 is 1. The van der Waals surface area contributed by atoms with Crippen LogP contribution in [0.2, 0.25) is 0 Å². The van der Waals surface area contributed by atoms with Gasteiger partial charge in [-0.2, -0.15) is 0 Å². The summed E-state index contributed by atoms with van der Waals surface area (Å²) in [5.74, 6) is -0.470. The highest BCUT2D eigenvalue weighted by atomic mass is 16.5. The SMILES string of the molecule is COc1ccccc1C(=O)N(CC(=O)NCC(=O)Nc1cccc(C)c1)C1CC1. The Bertz CT molecular complexity index is 908. The van der Waals surface area contributed by atoms with Gasteiger partial charge in [0.1, 0.15) is 12.3 Å². The lowest BCUT2D eigenvalue weighted by molar-refractivity contribution is -0.124. The zero-order chi connectivity index (χ0) is 20.8. The van der Waals surface area contributed by atoms with E-state index in [9.17, 15) is 14.4 Å². The van der Waals surface area contributed by atoms with Crippen molar-refractivity contribution >= 4 is 23.4 Å². The van der Waals surface area contributed by atoms with E-state index in [1.807, 2.05) is 25.1 Å². The van der Waals surface area contributed by atoms with Gasteiger partial charge in [-0.15, -0.1) is 0 Å². The molecule has 3 amide bonds. The van der Waals surface area contributed by atoms with Gasteiger partial charge in [0.15, 0.2) is 0 Å². The van der Waals surface area contributed by atoms with Gasteiger partial charge >= 0.3 is 0 Å². The van der Waals surface area contributed by atoms with Crippen LogP contribution in [0.5, 0.6) is 5.75 Å². The molecule has 1 aliphatic carbocycles. The molecule has 0 heterocycles. The Morgan fingerprint density at radius 1 is 1.07 bits per heavy atom. The molecule has 0 aromatic heterocycles. The first-order valence-electron chi connectivity index (χ1n) is 9.55. The van der Waals surface area contributed by atoms with Crippen molar-refractivity contribution in [1.82, 2.24) is 10.2 Å². The highest BCUT2D eigenvalue weighted by molar-refractivity contribution is 6.00. The van der Waals surface area contributed by atoms with Gasteiger partial charge in [0.05, 0.1) is 19.2 Å². The maximum atomic E-state index is 12.9. The number of benzene rings is 2. The van der Waals surface area contributed by atoms with Crippen LogP contribution in [0.3, 0.4) is 0 Å². The molecule has 29 heavy (non-hydrogen) atoms. The number of para-hydroxylation sites is 1. The number of nitrogens with one attached hydrogen (secondary N) is 2. The monoisotopic (exact) mass is 395 g/mol. The predicted molar refractivity (Wildman–Crippen MR) is 110 cm³/mol. The summed E-state index contributed by atoms with van der Waals surface area (Å²) in [5.41, 5.74) is 2.13. The third-order valence-electron chi connectivity index (χ3n) is 4.65. The van der Waals surface area contributed by atoms with Gasteiger partial charge in [0.25, 0.3) is 5.91 Å². The van der Waals surface area contributed by atoms with E-state index < -0.39 is 0 Å². The van der Waals surface area contributed by atoms with Crippen molar-refractivity contribution in [2.24, 2.45) is 0 Å². The van der Waals surface area contributed by atoms with E-state index in [-0.39, 0.29) is 36.9 Å². The number of ether oxygens (including phenoxy) is 1. The minimum atomic E-state index is -0.375. The summed E-state index contributed by atoms with van der Waals surface area (Å²) in [6.07, 6.45) is 1.73. The van der Waals surface area contributed by atoms with E-state index in [0.29, 0.717) is 17.0 Å². The van der Waals surface area contributed by atoms with E-state index in [4.69, 9.17) is 4.74 Å². The molecule has 0 atom stereocenters. The lowest BCUT2D eigenvalue weighted by atomic mass is 10.1. The van der Waals surface area contributed by atoms with E-state index >= 15 is 0 Å². The molecular formula is C22H25N3O4. The summed E-state index contributed by atoms with van der Waals surface area (Å²) in [6.45, 7) is 1.68. The predicted octanol–water partition coefficient (Wildman–Crippen LogP) is 2.36. The molecule has 2 N–H and O–H groups in total. The van der Waals surface area contributed by atoms with Crippen molar-refractivity contribution in [3.05, 3.63) is 59.7 Å². The molecule has 1 fully saturated rings. The fraction of sp³-hybridized carbons (Fsp3) is 0.318. The summed E-state index contributed by atoms with van der Waals surface area (Å²) >= 11 is 0. The summed E-state index contributed by atoms with van der Waals surface area (Å²) in [5, 5.41) is 5.33. The van der Waals surface area contributed by atoms with Crippen LogP contribution in [0.4, 0.5) is 5.69 Å². The minimum absolute atomic E-state index is 0.0410. The quantitative estimate of drug-likeness (QED) is 0.718.